The van der Waals surface area contributed by atoms with E-state index in [4.69, 9.17) is 27.6 Å². The summed E-state index contributed by atoms with van der Waals surface area (Å²) >= 11 is 4.37. The molecule has 0 fully saturated rings. The van der Waals surface area contributed by atoms with Crippen LogP contribution < -0.4 is 0 Å². The van der Waals surface area contributed by atoms with E-state index in [1.54, 1.807) is 0 Å². The Labute approximate surface area is 121 Å². The summed E-state index contributed by atoms with van der Waals surface area (Å²) in [6.45, 7) is 4.08. The molecule has 0 saturated heterocycles. The van der Waals surface area contributed by atoms with Crippen LogP contribution in [-0.4, -0.2) is 45.0 Å². The maximum atomic E-state index is 8.92. The Bertz CT molecular complexity index is 258. The fourth-order valence-corrected chi connectivity index (χ4v) is 4.90. The lowest BCUT2D eigenvalue weighted by Gasteiger charge is -2.28. The summed E-state index contributed by atoms with van der Waals surface area (Å²) in [6, 6.07) is 0.686. The monoisotopic (exact) mass is 332 g/mol. The quantitative estimate of drug-likeness (QED) is 0.322. The van der Waals surface area contributed by atoms with Crippen LogP contribution in [0.25, 0.3) is 0 Å². The third-order valence-corrected chi connectivity index (χ3v) is 6.22. The van der Waals surface area contributed by atoms with E-state index in [1.807, 2.05) is 20.8 Å². The molecule has 0 amide bonds. The van der Waals surface area contributed by atoms with Gasteiger partial charge in [0.15, 0.2) is 0 Å². The molecule has 116 valence electrons. The first-order valence-electron chi connectivity index (χ1n) is 6.51. The van der Waals surface area contributed by atoms with Crippen molar-refractivity contribution in [1.29, 1.82) is 0 Å². The summed E-state index contributed by atoms with van der Waals surface area (Å²) in [5, 5.41) is 0. The highest BCUT2D eigenvalue weighted by Crippen LogP contribution is 2.36. The summed E-state index contributed by atoms with van der Waals surface area (Å²) in [6.07, 6.45) is 1.42. The van der Waals surface area contributed by atoms with Gasteiger partial charge in [-0.3, -0.25) is 0 Å². The molecule has 0 aliphatic rings. The molecule has 0 bridgehead atoms. The molecule has 0 rings (SSSR count). The van der Waals surface area contributed by atoms with Gasteiger partial charge in [0, 0.05) is 25.9 Å². The Hall–Kier alpha value is 0.627. The molecule has 0 aromatic carbocycles. The second-order valence-electron chi connectivity index (χ2n) is 3.76. The average molecular weight is 332 g/mol. The Morgan fingerprint density at radius 1 is 0.947 bits per heavy atom. The van der Waals surface area contributed by atoms with Crippen LogP contribution in [-0.2, 0) is 29.6 Å². The van der Waals surface area contributed by atoms with E-state index in [9.17, 15) is 0 Å². The molecular weight excluding hydrogens is 307 g/mol. The predicted molar refractivity (Wildman–Crippen MR) is 79.3 cm³/mol. The minimum atomic E-state index is -3.53. The minimum absolute atomic E-state index is 0.221. The summed E-state index contributed by atoms with van der Waals surface area (Å²) < 4.78 is 21.9. The van der Waals surface area contributed by atoms with E-state index in [1.165, 1.54) is 0 Å². The van der Waals surface area contributed by atoms with Gasteiger partial charge >= 0.3 is 15.5 Å². The van der Waals surface area contributed by atoms with E-state index in [2.05, 4.69) is 11.8 Å². The lowest BCUT2D eigenvalue weighted by atomic mass is 10.4. The van der Waals surface area contributed by atoms with Crippen molar-refractivity contribution in [3.05, 3.63) is 0 Å². The first-order chi connectivity index (χ1) is 8.89. The van der Waals surface area contributed by atoms with Gasteiger partial charge in [-0.2, -0.15) is 0 Å². The van der Waals surface area contributed by atoms with Crippen molar-refractivity contribution < 1.29 is 27.6 Å². The Morgan fingerprint density at radius 2 is 1.42 bits per heavy atom. The molecule has 19 heavy (non-hydrogen) atoms. The highest BCUT2D eigenvalue weighted by atomic mass is 32.5. The van der Waals surface area contributed by atoms with Crippen molar-refractivity contribution in [3.8, 4) is 0 Å². The highest BCUT2D eigenvalue weighted by molar-refractivity contribution is 8.06. The standard InChI is InChI=1S/C10H25O6PSSi/c1-4-14-19(15-5-2,16-6-3)10-8-7-9-13-17(11,12)18/h4-10H2,1-3H3,(H2,11,12,18). The molecule has 0 atom stereocenters. The molecule has 0 spiro atoms. The van der Waals surface area contributed by atoms with Gasteiger partial charge in [0.25, 0.3) is 0 Å². The molecule has 0 radical (unpaired) electrons. The molecule has 0 saturated carbocycles. The van der Waals surface area contributed by atoms with Gasteiger partial charge in [0.05, 0.1) is 6.61 Å². The van der Waals surface area contributed by atoms with Crippen LogP contribution in [0.3, 0.4) is 0 Å². The van der Waals surface area contributed by atoms with Crippen LogP contribution in [0.4, 0.5) is 0 Å². The summed E-state index contributed by atoms with van der Waals surface area (Å²) in [5.74, 6) is 0. The third-order valence-electron chi connectivity index (χ3n) is 2.23. The van der Waals surface area contributed by atoms with Gasteiger partial charge in [-0.05, 0) is 45.4 Å². The van der Waals surface area contributed by atoms with Crippen LogP contribution in [0.5, 0.6) is 0 Å². The summed E-state index contributed by atoms with van der Waals surface area (Å²) in [4.78, 5) is 17.8. The molecule has 2 N–H and O–H groups in total. The third kappa shape index (κ3) is 10.1. The first-order valence-corrected chi connectivity index (χ1v) is 11.1. The summed E-state index contributed by atoms with van der Waals surface area (Å²) in [7, 11) is -2.59. The average Bonchev–Trinajstić information content (AvgIpc) is 2.28. The van der Waals surface area contributed by atoms with Gasteiger partial charge in [-0.1, -0.05) is 0 Å². The van der Waals surface area contributed by atoms with Crippen molar-refractivity contribution >= 4 is 27.3 Å². The molecule has 6 nitrogen and oxygen atoms in total. The second kappa shape index (κ2) is 10.4. The lowest BCUT2D eigenvalue weighted by Crippen LogP contribution is -2.45. The molecule has 0 aliphatic carbocycles. The lowest BCUT2D eigenvalue weighted by molar-refractivity contribution is 0.0704. The largest absolute Gasteiger partial charge is 0.500 e. The van der Waals surface area contributed by atoms with E-state index < -0.39 is 15.5 Å². The molecule has 0 aliphatic heterocycles. The molecule has 0 unspecified atom stereocenters. The summed E-state index contributed by atoms with van der Waals surface area (Å²) in [5.41, 5.74) is 0. The number of hydrogen-bond acceptors (Lipinski definition) is 5. The molecule has 0 heterocycles. The van der Waals surface area contributed by atoms with E-state index in [0.29, 0.717) is 32.3 Å². The maximum absolute atomic E-state index is 8.92. The van der Waals surface area contributed by atoms with E-state index >= 15 is 0 Å². The molecule has 0 aromatic rings. The number of unbranched alkanes of at least 4 members (excludes halogenated alkanes) is 1. The first kappa shape index (κ1) is 19.6. The molecule has 0 aromatic heterocycles. The van der Waals surface area contributed by atoms with Gasteiger partial charge in [0.2, 0.25) is 0 Å². The normalized spacial score (nSPS) is 12.9. The number of rotatable bonds is 12. The maximum Gasteiger partial charge on any atom is 0.500 e. The van der Waals surface area contributed by atoms with Gasteiger partial charge < -0.3 is 27.6 Å². The van der Waals surface area contributed by atoms with Gasteiger partial charge in [0.1, 0.15) is 0 Å². The SMILES string of the molecule is CCO[Si](CCCCOP(O)(O)=S)(OCC)OCC. The second-order valence-corrected chi connectivity index (χ2v) is 9.16. The Morgan fingerprint density at radius 3 is 1.79 bits per heavy atom. The molecule has 9 heteroatoms. The number of hydrogen-bond donors (Lipinski definition) is 2. The van der Waals surface area contributed by atoms with E-state index in [-0.39, 0.29) is 6.61 Å². The van der Waals surface area contributed by atoms with Crippen molar-refractivity contribution in [2.45, 2.75) is 39.7 Å². The zero-order chi connectivity index (χ0) is 14.8. The fourth-order valence-electron chi connectivity index (χ4n) is 1.63. The van der Waals surface area contributed by atoms with Crippen molar-refractivity contribution in [3.63, 3.8) is 0 Å². The van der Waals surface area contributed by atoms with Crippen LogP contribution >= 0.6 is 6.72 Å². The predicted octanol–water partition coefficient (Wildman–Crippen LogP) is 2.04. The van der Waals surface area contributed by atoms with Crippen LogP contribution in [0.1, 0.15) is 33.6 Å². The Kier molecular flexibility index (Phi) is 10.7. The van der Waals surface area contributed by atoms with Gasteiger partial charge in [-0.25, -0.2) is 0 Å². The van der Waals surface area contributed by atoms with Crippen LogP contribution in [0, 0.1) is 0 Å². The van der Waals surface area contributed by atoms with Crippen molar-refractivity contribution in [1.82, 2.24) is 0 Å². The van der Waals surface area contributed by atoms with Gasteiger partial charge in [-0.15, -0.1) is 0 Å². The fraction of sp³-hybridized carbons (Fsp3) is 1.00. The van der Waals surface area contributed by atoms with Crippen LogP contribution in [0.2, 0.25) is 6.04 Å². The van der Waals surface area contributed by atoms with E-state index in [0.717, 1.165) is 6.42 Å². The van der Waals surface area contributed by atoms with Crippen molar-refractivity contribution in [2.24, 2.45) is 0 Å². The zero-order valence-corrected chi connectivity index (χ0v) is 14.5. The van der Waals surface area contributed by atoms with Crippen molar-refractivity contribution in [2.75, 3.05) is 26.4 Å². The smallest absolute Gasteiger partial charge is 0.374 e. The topological polar surface area (TPSA) is 77.4 Å². The zero-order valence-electron chi connectivity index (χ0n) is 11.8. The minimum Gasteiger partial charge on any atom is -0.374 e. The van der Waals surface area contributed by atoms with Crippen LogP contribution in [0.15, 0.2) is 0 Å². The molecular formula is C10H25O6PSSi. The highest BCUT2D eigenvalue weighted by Gasteiger charge is 2.39. The Balaban J connectivity index is 4.13.